The molecule has 0 rings (SSSR count). The summed E-state index contributed by atoms with van der Waals surface area (Å²) >= 11 is 0. The zero-order chi connectivity index (χ0) is 71.1. The minimum Gasteiger partial charge on any atom is -0.462 e. The topological polar surface area (TPSA) is 108 Å². The van der Waals surface area contributed by atoms with Crippen molar-refractivity contribution in [3.05, 3.63) is 182 Å². The van der Waals surface area contributed by atoms with E-state index >= 15 is 0 Å². The molecule has 2 atom stereocenters. The molecule has 0 bridgehead atoms. The molecule has 0 fully saturated rings. The zero-order valence-electron chi connectivity index (χ0n) is 63.5. The van der Waals surface area contributed by atoms with Gasteiger partial charge in [-0.25, -0.2) is 4.57 Å². The van der Waals surface area contributed by atoms with E-state index in [2.05, 4.69) is 196 Å². The molecule has 0 aliphatic rings. The van der Waals surface area contributed by atoms with E-state index in [1.165, 1.54) is 135 Å². The fourth-order valence-electron chi connectivity index (χ4n) is 10.5. The minimum atomic E-state index is -4.41. The van der Waals surface area contributed by atoms with Crippen molar-refractivity contribution in [2.24, 2.45) is 0 Å². The number of nitrogens with zero attached hydrogens (tertiary/aromatic N) is 1. The van der Waals surface area contributed by atoms with Gasteiger partial charge in [-0.15, -0.1) is 0 Å². The average molecular weight is 1380 g/mol. The van der Waals surface area contributed by atoms with E-state index in [0.29, 0.717) is 17.4 Å². The summed E-state index contributed by atoms with van der Waals surface area (Å²) in [7, 11) is 1.46. The SMILES string of the molecule is CC/C=C\C/C=C\C/C=C\C/C=C\C/C=C\C/C=C\C/C=C\C/C=C\CCCCCCCCCCC(=O)OC(COC(=O)CCCCCCCCCCCCCCCCCCCCC/C=C\C/C=C\C/C=C\C/C=C\C/C=C\C/C=C\C/C=C\CC)COP(=O)(O)OCC[N+](C)(C)C. The molecule has 9 nitrogen and oxygen atoms in total. The number of likely N-dealkylation sites (N-methyl/N-ethyl adjacent to an activating group) is 1. The number of hydrogen-bond donors (Lipinski definition) is 1. The van der Waals surface area contributed by atoms with E-state index < -0.39 is 26.5 Å². The number of quaternary nitrogens is 1. The molecule has 10 heteroatoms. The second kappa shape index (κ2) is 76.3. The highest BCUT2D eigenvalue weighted by Crippen LogP contribution is 2.43. The maximum absolute atomic E-state index is 12.9. The van der Waals surface area contributed by atoms with Crippen LogP contribution in [0.3, 0.4) is 0 Å². The van der Waals surface area contributed by atoms with E-state index in [1.807, 2.05) is 21.1 Å². The van der Waals surface area contributed by atoms with Crippen molar-refractivity contribution in [3.8, 4) is 0 Å². The molecule has 0 aliphatic heterocycles. The van der Waals surface area contributed by atoms with Gasteiger partial charge in [0.2, 0.25) is 0 Å². The Bertz CT molecular complexity index is 2320. The molecule has 0 aromatic carbocycles. The number of carbonyl (C=O) groups is 2. The van der Waals surface area contributed by atoms with Crippen LogP contribution in [0.1, 0.15) is 309 Å². The van der Waals surface area contributed by atoms with Gasteiger partial charge in [-0.3, -0.25) is 18.6 Å². The molecule has 0 saturated carbocycles. The molecule has 556 valence electrons. The molecule has 0 amide bonds. The first kappa shape index (κ1) is 93.1. The molecule has 0 spiro atoms. The van der Waals surface area contributed by atoms with Gasteiger partial charge in [0.15, 0.2) is 6.10 Å². The summed E-state index contributed by atoms with van der Waals surface area (Å²) in [6, 6.07) is 0. The Morgan fingerprint density at radius 1 is 0.316 bits per heavy atom. The molecule has 0 aromatic heterocycles. The maximum Gasteiger partial charge on any atom is 0.472 e. The lowest BCUT2D eigenvalue weighted by atomic mass is 10.0. The van der Waals surface area contributed by atoms with E-state index in [0.717, 1.165) is 141 Å². The second-order valence-electron chi connectivity index (χ2n) is 27.0. The maximum atomic E-state index is 12.9. The predicted octanol–water partition coefficient (Wildman–Crippen LogP) is 26.6. The van der Waals surface area contributed by atoms with E-state index in [9.17, 15) is 19.0 Å². The molecular formula is C88H147NO8P+. The predicted molar refractivity (Wildman–Crippen MR) is 426 cm³/mol. The Morgan fingerprint density at radius 2 is 0.551 bits per heavy atom. The van der Waals surface area contributed by atoms with Gasteiger partial charge < -0.3 is 18.9 Å². The Kier molecular flexibility index (Phi) is 72.5. The lowest BCUT2D eigenvalue weighted by Gasteiger charge is -2.24. The average Bonchev–Trinajstić information content (AvgIpc) is 1.08. The Balaban J connectivity index is 4.03. The smallest absolute Gasteiger partial charge is 0.462 e. The van der Waals surface area contributed by atoms with Gasteiger partial charge in [0.25, 0.3) is 0 Å². The van der Waals surface area contributed by atoms with Gasteiger partial charge in [0, 0.05) is 12.8 Å². The molecule has 0 radical (unpaired) electrons. The fourth-order valence-corrected chi connectivity index (χ4v) is 11.2. The lowest BCUT2D eigenvalue weighted by Crippen LogP contribution is -2.37. The highest BCUT2D eigenvalue weighted by molar-refractivity contribution is 7.47. The molecule has 0 aliphatic carbocycles. The van der Waals surface area contributed by atoms with Crippen LogP contribution < -0.4 is 0 Å². The Morgan fingerprint density at radius 3 is 0.816 bits per heavy atom. The normalized spacial score (nSPS) is 14.1. The first-order valence-electron chi connectivity index (χ1n) is 39.5. The third-order valence-corrected chi connectivity index (χ3v) is 17.4. The van der Waals surface area contributed by atoms with Crippen LogP contribution in [-0.2, 0) is 32.7 Å². The molecule has 98 heavy (non-hydrogen) atoms. The standard InChI is InChI=1S/C88H146NO8P/c1-6-8-10-12-14-16-18-20-22-24-26-28-30-32-34-36-38-40-41-42-43-44-45-46-47-49-50-52-54-56-58-60-62-64-66-68-70-72-74-76-78-80-87(90)94-84-86(85-96-98(92,93)95-83-82-89(3,4)5)97-88(91)81-79-77-75-73-71-69-67-65-63-61-59-57-55-53-51-48-39-37-35-33-31-29-27-25-23-21-19-17-15-13-11-9-7-2/h8-11,14-17,20-23,26-29,32-35,38-40,42-43,48,53,55,59,61,86H,6-7,12-13,18-19,24-25,30-31,36-37,41,44-47,49-52,54,56-58,60,62-85H2,1-5H3/p+1/b10-8-,11-9-,16-14-,17-15-,22-20-,23-21-,28-26-,29-27-,34-32-,35-33-,40-38-,43-42-,48-39-,55-53-,61-59-. The fraction of sp³-hybridized carbons (Fsp3) is 0.636. The summed E-state index contributed by atoms with van der Waals surface area (Å²) in [6.07, 6.45) is 117. The molecule has 2 unspecified atom stereocenters. The molecule has 0 saturated heterocycles. The van der Waals surface area contributed by atoms with Gasteiger partial charge in [-0.1, -0.05) is 344 Å². The Hall–Kier alpha value is -4.89. The molecule has 0 heterocycles. The van der Waals surface area contributed by atoms with Crippen molar-refractivity contribution in [3.63, 3.8) is 0 Å². The Labute approximate surface area is 603 Å². The van der Waals surface area contributed by atoms with E-state index in [4.69, 9.17) is 18.5 Å². The van der Waals surface area contributed by atoms with E-state index in [1.54, 1.807) is 0 Å². The van der Waals surface area contributed by atoms with Crippen LogP contribution in [0.2, 0.25) is 0 Å². The van der Waals surface area contributed by atoms with Gasteiger partial charge in [-0.05, 0) is 135 Å². The van der Waals surface area contributed by atoms with Crippen LogP contribution in [0.25, 0.3) is 0 Å². The number of rotatable bonds is 71. The number of allylic oxidation sites excluding steroid dienone is 30. The first-order chi connectivity index (χ1) is 48.0. The summed E-state index contributed by atoms with van der Waals surface area (Å²) < 4.78 is 34.8. The van der Waals surface area contributed by atoms with Crippen LogP contribution in [0, 0.1) is 0 Å². The van der Waals surface area contributed by atoms with Crippen molar-refractivity contribution in [1.82, 2.24) is 0 Å². The van der Waals surface area contributed by atoms with E-state index in [-0.39, 0.29) is 32.0 Å². The molecule has 1 N–H and O–H groups in total. The summed E-state index contributed by atoms with van der Waals surface area (Å²) in [6.45, 7) is 4.20. The highest BCUT2D eigenvalue weighted by atomic mass is 31.2. The summed E-state index contributed by atoms with van der Waals surface area (Å²) in [4.78, 5) is 36.0. The van der Waals surface area contributed by atoms with Crippen molar-refractivity contribution >= 4 is 19.8 Å². The first-order valence-corrected chi connectivity index (χ1v) is 41.0. The second-order valence-corrected chi connectivity index (χ2v) is 28.4. The highest BCUT2D eigenvalue weighted by Gasteiger charge is 2.27. The summed E-state index contributed by atoms with van der Waals surface area (Å²) in [5, 5.41) is 0. The number of hydrogen-bond acceptors (Lipinski definition) is 7. The summed E-state index contributed by atoms with van der Waals surface area (Å²) in [5.41, 5.74) is 0. The number of phosphoric acid groups is 1. The minimum absolute atomic E-state index is 0.0228. The van der Waals surface area contributed by atoms with Crippen LogP contribution in [0.15, 0.2) is 182 Å². The number of esters is 2. The van der Waals surface area contributed by atoms with Crippen molar-refractivity contribution in [2.45, 2.75) is 315 Å². The quantitative estimate of drug-likeness (QED) is 0.0211. The van der Waals surface area contributed by atoms with Crippen LogP contribution in [-0.4, -0.2) is 74.9 Å². The summed E-state index contributed by atoms with van der Waals surface area (Å²) in [5.74, 6) is -0.808. The van der Waals surface area contributed by atoms with Crippen LogP contribution in [0.5, 0.6) is 0 Å². The number of unbranched alkanes of at least 4 members (excludes halogenated alkanes) is 27. The van der Waals surface area contributed by atoms with Crippen molar-refractivity contribution < 1.29 is 42.1 Å². The van der Waals surface area contributed by atoms with Crippen molar-refractivity contribution in [2.75, 3.05) is 47.5 Å². The molecule has 0 aromatic rings. The number of carbonyl (C=O) groups excluding carboxylic acids is 2. The van der Waals surface area contributed by atoms with Gasteiger partial charge in [-0.2, -0.15) is 0 Å². The lowest BCUT2D eigenvalue weighted by molar-refractivity contribution is -0.870. The van der Waals surface area contributed by atoms with Crippen LogP contribution >= 0.6 is 7.82 Å². The molecular weight excluding hydrogens is 1230 g/mol. The number of ether oxygens (including phenoxy) is 2. The third-order valence-electron chi connectivity index (χ3n) is 16.4. The van der Waals surface area contributed by atoms with Gasteiger partial charge >= 0.3 is 19.8 Å². The van der Waals surface area contributed by atoms with Gasteiger partial charge in [0.05, 0.1) is 27.7 Å². The number of phosphoric ester groups is 1. The van der Waals surface area contributed by atoms with Crippen molar-refractivity contribution in [1.29, 1.82) is 0 Å². The third kappa shape index (κ3) is 80.1. The zero-order valence-corrected chi connectivity index (χ0v) is 64.3. The largest absolute Gasteiger partial charge is 0.472 e. The van der Waals surface area contributed by atoms with Gasteiger partial charge in [0.1, 0.15) is 19.8 Å². The van der Waals surface area contributed by atoms with Crippen LogP contribution in [0.4, 0.5) is 0 Å². The monoisotopic (exact) mass is 1380 g/mol.